The lowest BCUT2D eigenvalue weighted by molar-refractivity contribution is -0.0871. The van der Waals surface area contributed by atoms with E-state index in [9.17, 15) is 5.11 Å². The lowest BCUT2D eigenvalue weighted by Gasteiger charge is -2.25. The van der Waals surface area contributed by atoms with Crippen LogP contribution in [0, 0.1) is 6.07 Å². The summed E-state index contributed by atoms with van der Waals surface area (Å²) in [6.07, 6.45) is -0.238. The lowest BCUT2D eigenvalue weighted by Crippen LogP contribution is -2.35. The van der Waals surface area contributed by atoms with Gasteiger partial charge in [-0.15, -0.1) is 0 Å². The number of rotatable bonds is 2. The van der Waals surface area contributed by atoms with Gasteiger partial charge in [-0.05, 0) is 18.2 Å². The SMILES string of the molecule is [O]C1COCC(Oc2c[c]ccc2)C1. The molecule has 74 valence electrons. The van der Waals surface area contributed by atoms with Crippen LogP contribution in [-0.2, 0) is 9.84 Å². The smallest absolute Gasteiger partial charge is 0.125 e. The molecule has 2 atom stereocenters. The molecule has 3 heteroatoms. The van der Waals surface area contributed by atoms with Gasteiger partial charge in [-0.25, -0.2) is 5.11 Å². The van der Waals surface area contributed by atoms with Crippen LogP contribution >= 0.6 is 0 Å². The van der Waals surface area contributed by atoms with Gasteiger partial charge in [-0.2, -0.15) is 0 Å². The van der Waals surface area contributed by atoms with Crippen LogP contribution < -0.4 is 4.74 Å². The van der Waals surface area contributed by atoms with Crippen molar-refractivity contribution in [2.24, 2.45) is 0 Å². The molecule has 3 nitrogen and oxygen atoms in total. The van der Waals surface area contributed by atoms with Crippen LogP contribution in [0.1, 0.15) is 6.42 Å². The second kappa shape index (κ2) is 4.44. The molecule has 2 unspecified atom stereocenters. The molecule has 0 bridgehead atoms. The highest BCUT2D eigenvalue weighted by Gasteiger charge is 2.23. The average molecular weight is 192 g/mol. The topological polar surface area (TPSA) is 38.4 Å². The van der Waals surface area contributed by atoms with E-state index in [4.69, 9.17) is 9.47 Å². The Bertz CT molecular complexity index is 273. The zero-order valence-corrected chi connectivity index (χ0v) is 7.81. The summed E-state index contributed by atoms with van der Waals surface area (Å²) < 4.78 is 10.7. The second-order valence-corrected chi connectivity index (χ2v) is 3.37. The maximum atomic E-state index is 11.1. The van der Waals surface area contributed by atoms with Gasteiger partial charge < -0.3 is 9.47 Å². The molecule has 1 heterocycles. The van der Waals surface area contributed by atoms with Crippen LogP contribution in [0.2, 0.25) is 0 Å². The number of ether oxygens (including phenoxy) is 2. The largest absolute Gasteiger partial charge is 0.488 e. The summed E-state index contributed by atoms with van der Waals surface area (Å²) in [5.74, 6) is 0.746. The van der Waals surface area contributed by atoms with Gasteiger partial charge >= 0.3 is 0 Å². The summed E-state index contributed by atoms with van der Waals surface area (Å²) >= 11 is 0. The first kappa shape index (κ1) is 9.49. The fourth-order valence-corrected chi connectivity index (χ4v) is 1.48. The van der Waals surface area contributed by atoms with E-state index in [0.717, 1.165) is 5.75 Å². The van der Waals surface area contributed by atoms with Gasteiger partial charge in [0.1, 0.15) is 18.0 Å². The molecule has 14 heavy (non-hydrogen) atoms. The third-order valence-electron chi connectivity index (χ3n) is 2.11. The molecule has 1 aliphatic rings. The molecule has 0 aromatic heterocycles. The molecule has 0 N–H and O–H groups in total. The highest BCUT2D eigenvalue weighted by molar-refractivity contribution is 5.20. The van der Waals surface area contributed by atoms with E-state index in [1.165, 1.54) is 0 Å². The monoisotopic (exact) mass is 192 g/mol. The van der Waals surface area contributed by atoms with Crippen molar-refractivity contribution < 1.29 is 14.6 Å². The highest BCUT2D eigenvalue weighted by Crippen LogP contribution is 2.16. The lowest BCUT2D eigenvalue weighted by atomic mass is 10.1. The standard InChI is InChI=1S/C11H12O3/c12-9-6-11(8-13-7-9)14-10-4-2-1-3-5-10/h1-2,4-5,9,11H,6-8H2. The summed E-state index contributed by atoms with van der Waals surface area (Å²) in [7, 11) is 0. The quantitative estimate of drug-likeness (QED) is 0.711. The van der Waals surface area contributed by atoms with Crippen LogP contribution in [0.4, 0.5) is 0 Å². The van der Waals surface area contributed by atoms with Gasteiger partial charge in [0, 0.05) is 6.42 Å². The summed E-state index contributed by atoms with van der Waals surface area (Å²) in [5.41, 5.74) is 0. The van der Waals surface area contributed by atoms with E-state index in [-0.39, 0.29) is 6.10 Å². The number of hydrogen-bond acceptors (Lipinski definition) is 2. The van der Waals surface area contributed by atoms with Gasteiger partial charge in [0.25, 0.3) is 0 Å². The Kier molecular flexibility index (Phi) is 3.01. The average Bonchev–Trinajstić information content (AvgIpc) is 2.19. The molecule has 1 aromatic carbocycles. The van der Waals surface area contributed by atoms with E-state index >= 15 is 0 Å². The van der Waals surface area contributed by atoms with E-state index in [0.29, 0.717) is 19.6 Å². The molecule has 2 rings (SSSR count). The third kappa shape index (κ3) is 2.47. The zero-order valence-electron chi connectivity index (χ0n) is 7.81. The molecule has 1 saturated heterocycles. The normalized spacial score (nSPS) is 27.2. The Labute approximate surface area is 83.3 Å². The van der Waals surface area contributed by atoms with Crippen molar-refractivity contribution in [3.63, 3.8) is 0 Å². The summed E-state index contributed by atoms with van der Waals surface area (Å²) in [4.78, 5) is 0. The Morgan fingerprint density at radius 3 is 3.14 bits per heavy atom. The van der Waals surface area contributed by atoms with Gasteiger partial charge in [0.05, 0.1) is 13.2 Å². The predicted molar refractivity (Wildman–Crippen MR) is 49.6 cm³/mol. The maximum absolute atomic E-state index is 11.1. The Balaban J connectivity index is 1.91. The van der Waals surface area contributed by atoms with Crippen molar-refractivity contribution in [1.29, 1.82) is 0 Å². The van der Waals surface area contributed by atoms with E-state index < -0.39 is 6.10 Å². The van der Waals surface area contributed by atoms with Gasteiger partial charge in [-0.3, -0.25) is 0 Å². The van der Waals surface area contributed by atoms with Gasteiger partial charge in [-0.1, -0.05) is 12.1 Å². The molecule has 1 aromatic rings. The summed E-state index contributed by atoms with van der Waals surface area (Å²) in [6.45, 7) is 0.814. The zero-order chi connectivity index (χ0) is 9.80. The molecule has 1 fully saturated rings. The molecule has 1 aliphatic heterocycles. The van der Waals surface area contributed by atoms with Crippen molar-refractivity contribution in [3.05, 3.63) is 30.3 Å². The summed E-state index contributed by atoms with van der Waals surface area (Å²) in [6, 6.07) is 10.2. The van der Waals surface area contributed by atoms with E-state index in [2.05, 4.69) is 6.07 Å². The van der Waals surface area contributed by atoms with E-state index in [1.54, 1.807) is 12.1 Å². The molecule has 0 spiro atoms. The Morgan fingerprint density at radius 2 is 2.43 bits per heavy atom. The van der Waals surface area contributed by atoms with Crippen molar-refractivity contribution in [2.75, 3.05) is 13.2 Å². The number of benzene rings is 1. The van der Waals surface area contributed by atoms with Crippen molar-refractivity contribution in [3.8, 4) is 5.75 Å². The third-order valence-corrected chi connectivity index (χ3v) is 2.11. The molecule has 0 amide bonds. The number of hydrogen-bond donors (Lipinski definition) is 0. The maximum Gasteiger partial charge on any atom is 0.125 e. The van der Waals surface area contributed by atoms with Crippen LogP contribution in [-0.4, -0.2) is 25.4 Å². The first-order valence-electron chi connectivity index (χ1n) is 4.71. The van der Waals surface area contributed by atoms with Crippen molar-refractivity contribution >= 4 is 0 Å². The van der Waals surface area contributed by atoms with Crippen LogP contribution in [0.15, 0.2) is 24.3 Å². The minimum atomic E-state index is -0.651. The molecule has 0 saturated carbocycles. The molecule has 2 radical (unpaired) electrons. The first-order chi connectivity index (χ1) is 6.84. The van der Waals surface area contributed by atoms with Gasteiger partial charge in [0.2, 0.25) is 0 Å². The second-order valence-electron chi connectivity index (χ2n) is 3.37. The minimum Gasteiger partial charge on any atom is -0.488 e. The molecular weight excluding hydrogens is 180 g/mol. The van der Waals surface area contributed by atoms with Crippen molar-refractivity contribution in [2.45, 2.75) is 18.6 Å². The fraction of sp³-hybridized carbons (Fsp3) is 0.455. The van der Waals surface area contributed by atoms with Crippen molar-refractivity contribution in [1.82, 2.24) is 0 Å². The van der Waals surface area contributed by atoms with Crippen LogP contribution in [0.5, 0.6) is 5.75 Å². The predicted octanol–water partition coefficient (Wildman–Crippen LogP) is 1.45. The minimum absolute atomic E-state index is 0.109. The molecule has 0 aliphatic carbocycles. The van der Waals surface area contributed by atoms with Crippen LogP contribution in [0.25, 0.3) is 0 Å². The summed E-state index contributed by atoms with van der Waals surface area (Å²) in [5, 5.41) is 11.1. The van der Waals surface area contributed by atoms with Gasteiger partial charge in [0.15, 0.2) is 0 Å². The Morgan fingerprint density at radius 1 is 1.50 bits per heavy atom. The highest BCUT2D eigenvalue weighted by atomic mass is 16.5. The Hall–Kier alpha value is -1.06. The first-order valence-corrected chi connectivity index (χ1v) is 4.71. The van der Waals surface area contributed by atoms with Crippen LogP contribution in [0.3, 0.4) is 0 Å². The molecular formula is C11H12O3. The fourth-order valence-electron chi connectivity index (χ4n) is 1.48. The van der Waals surface area contributed by atoms with E-state index in [1.807, 2.05) is 12.1 Å².